The molecule has 0 atom stereocenters. The first kappa shape index (κ1) is 16.6. The highest BCUT2D eigenvalue weighted by Crippen LogP contribution is 2.24. The predicted molar refractivity (Wildman–Crippen MR) is 94.5 cm³/mol. The van der Waals surface area contributed by atoms with Gasteiger partial charge in [-0.25, -0.2) is 9.37 Å². The van der Waals surface area contributed by atoms with Crippen LogP contribution in [0.2, 0.25) is 5.02 Å². The molecule has 0 aliphatic heterocycles. The van der Waals surface area contributed by atoms with Crippen LogP contribution in [0.4, 0.5) is 4.39 Å². The smallest absolute Gasteiger partial charge is 0.226 e. The highest BCUT2D eigenvalue weighted by molar-refractivity contribution is 7.13. The van der Waals surface area contributed by atoms with E-state index in [9.17, 15) is 9.18 Å². The Morgan fingerprint density at radius 3 is 2.75 bits per heavy atom. The summed E-state index contributed by atoms with van der Waals surface area (Å²) in [6.07, 6.45) is 0.194. The second-order valence-corrected chi connectivity index (χ2v) is 6.53. The first-order valence-corrected chi connectivity index (χ1v) is 8.57. The van der Waals surface area contributed by atoms with Gasteiger partial charge in [0.05, 0.1) is 12.1 Å². The number of amides is 1. The Balaban J connectivity index is 1.58. The van der Waals surface area contributed by atoms with E-state index in [1.165, 1.54) is 23.5 Å². The average molecular weight is 361 g/mol. The van der Waals surface area contributed by atoms with Crippen molar-refractivity contribution in [3.05, 3.63) is 76.0 Å². The van der Waals surface area contributed by atoms with E-state index in [4.69, 9.17) is 11.6 Å². The van der Waals surface area contributed by atoms with Crippen LogP contribution in [-0.2, 0) is 17.8 Å². The molecule has 2 aromatic carbocycles. The normalized spacial score (nSPS) is 10.6. The molecule has 0 saturated carbocycles. The largest absolute Gasteiger partial charge is 0.352 e. The molecule has 3 rings (SSSR count). The van der Waals surface area contributed by atoms with Gasteiger partial charge in [0.2, 0.25) is 5.91 Å². The van der Waals surface area contributed by atoms with Crippen LogP contribution in [0.5, 0.6) is 0 Å². The van der Waals surface area contributed by atoms with Crippen LogP contribution in [-0.4, -0.2) is 10.9 Å². The minimum absolute atomic E-state index is 0.110. The van der Waals surface area contributed by atoms with Gasteiger partial charge in [-0.05, 0) is 29.8 Å². The predicted octanol–water partition coefficient (Wildman–Crippen LogP) is 4.46. The molecule has 0 unspecified atom stereocenters. The fourth-order valence-electron chi connectivity index (χ4n) is 2.17. The summed E-state index contributed by atoms with van der Waals surface area (Å²) in [7, 11) is 0. The Labute approximate surface area is 148 Å². The summed E-state index contributed by atoms with van der Waals surface area (Å²) in [6, 6.07) is 13.6. The van der Waals surface area contributed by atoms with Gasteiger partial charge in [0.15, 0.2) is 0 Å². The highest BCUT2D eigenvalue weighted by atomic mass is 35.5. The summed E-state index contributed by atoms with van der Waals surface area (Å²) in [5.74, 6) is -0.411. The van der Waals surface area contributed by atoms with Gasteiger partial charge in [-0.3, -0.25) is 4.79 Å². The van der Waals surface area contributed by atoms with Gasteiger partial charge in [-0.2, -0.15) is 0 Å². The van der Waals surface area contributed by atoms with E-state index >= 15 is 0 Å². The van der Waals surface area contributed by atoms with Gasteiger partial charge < -0.3 is 5.32 Å². The maximum absolute atomic E-state index is 13.3. The third kappa shape index (κ3) is 4.40. The van der Waals surface area contributed by atoms with E-state index in [1.54, 1.807) is 24.3 Å². The van der Waals surface area contributed by atoms with Gasteiger partial charge in [0.1, 0.15) is 10.8 Å². The fraction of sp³-hybridized carbons (Fsp3) is 0.111. The SMILES string of the molecule is O=C(Cc1csc(-c2cccc(F)c2)n1)NCc1ccc(Cl)cc1. The molecule has 1 heterocycles. The van der Waals surface area contributed by atoms with Gasteiger partial charge in [-0.15, -0.1) is 11.3 Å². The Morgan fingerprint density at radius 2 is 2.00 bits per heavy atom. The number of carbonyl (C=O) groups excluding carboxylic acids is 1. The minimum atomic E-state index is -0.301. The zero-order valence-electron chi connectivity index (χ0n) is 12.6. The van der Waals surface area contributed by atoms with Crippen molar-refractivity contribution in [1.82, 2.24) is 10.3 Å². The summed E-state index contributed by atoms with van der Waals surface area (Å²) >= 11 is 7.22. The van der Waals surface area contributed by atoms with E-state index in [1.807, 2.05) is 17.5 Å². The van der Waals surface area contributed by atoms with Crippen LogP contribution in [0, 0.1) is 5.82 Å². The number of nitrogens with one attached hydrogen (secondary N) is 1. The molecule has 1 N–H and O–H groups in total. The van der Waals surface area contributed by atoms with E-state index < -0.39 is 0 Å². The summed E-state index contributed by atoms with van der Waals surface area (Å²) in [4.78, 5) is 16.4. The molecule has 122 valence electrons. The maximum Gasteiger partial charge on any atom is 0.226 e. The molecular formula is C18H14ClFN2OS. The molecule has 0 spiro atoms. The second-order valence-electron chi connectivity index (χ2n) is 5.23. The van der Waals surface area contributed by atoms with Crippen LogP contribution in [0.15, 0.2) is 53.9 Å². The number of aromatic nitrogens is 1. The molecular weight excluding hydrogens is 347 g/mol. The van der Waals surface area contributed by atoms with E-state index in [-0.39, 0.29) is 18.1 Å². The molecule has 1 amide bonds. The van der Waals surface area contributed by atoms with E-state index in [2.05, 4.69) is 10.3 Å². The summed E-state index contributed by atoms with van der Waals surface area (Å²) < 4.78 is 13.3. The fourth-order valence-corrected chi connectivity index (χ4v) is 3.11. The lowest BCUT2D eigenvalue weighted by Crippen LogP contribution is -2.24. The quantitative estimate of drug-likeness (QED) is 0.729. The standard InChI is InChI=1S/C18H14ClFN2OS/c19-14-6-4-12(5-7-14)10-21-17(23)9-16-11-24-18(22-16)13-2-1-3-15(20)8-13/h1-8,11H,9-10H2,(H,21,23). The summed E-state index contributed by atoms with van der Waals surface area (Å²) in [5, 5.41) is 6.04. The molecule has 1 aromatic heterocycles. The van der Waals surface area contributed by atoms with Crippen molar-refractivity contribution in [2.45, 2.75) is 13.0 Å². The number of rotatable bonds is 5. The zero-order chi connectivity index (χ0) is 16.9. The van der Waals surface area contributed by atoms with Gasteiger partial charge in [0.25, 0.3) is 0 Å². The van der Waals surface area contributed by atoms with Crippen LogP contribution < -0.4 is 5.32 Å². The first-order valence-electron chi connectivity index (χ1n) is 7.31. The number of nitrogens with zero attached hydrogens (tertiary/aromatic N) is 1. The third-order valence-electron chi connectivity index (χ3n) is 3.37. The van der Waals surface area contributed by atoms with E-state index in [0.29, 0.717) is 27.8 Å². The molecule has 0 fully saturated rings. The number of hydrogen-bond acceptors (Lipinski definition) is 3. The molecule has 24 heavy (non-hydrogen) atoms. The van der Waals surface area contributed by atoms with Crippen LogP contribution in [0.25, 0.3) is 10.6 Å². The van der Waals surface area contributed by atoms with Gasteiger partial charge >= 0.3 is 0 Å². The first-order chi connectivity index (χ1) is 11.6. The average Bonchev–Trinajstić information content (AvgIpc) is 3.03. The Morgan fingerprint density at radius 1 is 1.21 bits per heavy atom. The van der Waals surface area contributed by atoms with Crippen LogP contribution >= 0.6 is 22.9 Å². The van der Waals surface area contributed by atoms with Crippen LogP contribution in [0.1, 0.15) is 11.3 Å². The van der Waals surface area contributed by atoms with Crippen LogP contribution in [0.3, 0.4) is 0 Å². The number of benzene rings is 2. The number of hydrogen-bond donors (Lipinski definition) is 1. The monoisotopic (exact) mass is 360 g/mol. The van der Waals surface area contributed by atoms with Crippen molar-refractivity contribution in [1.29, 1.82) is 0 Å². The molecule has 6 heteroatoms. The molecule has 0 aliphatic rings. The molecule has 0 bridgehead atoms. The van der Waals surface area contributed by atoms with Crippen molar-refractivity contribution in [3.8, 4) is 10.6 Å². The molecule has 0 radical (unpaired) electrons. The molecule has 3 nitrogen and oxygen atoms in total. The zero-order valence-corrected chi connectivity index (χ0v) is 14.2. The Bertz CT molecular complexity index is 848. The van der Waals surface area contributed by atoms with Gasteiger partial charge in [-0.1, -0.05) is 35.9 Å². The third-order valence-corrected chi connectivity index (χ3v) is 4.56. The van der Waals surface area contributed by atoms with Crippen molar-refractivity contribution < 1.29 is 9.18 Å². The van der Waals surface area contributed by atoms with Crippen molar-refractivity contribution in [3.63, 3.8) is 0 Å². The summed E-state index contributed by atoms with van der Waals surface area (Å²) in [6.45, 7) is 0.441. The minimum Gasteiger partial charge on any atom is -0.352 e. The number of halogens is 2. The lowest BCUT2D eigenvalue weighted by molar-refractivity contribution is -0.120. The Kier molecular flexibility index (Phi) is 5.23. The van der Waals surface area contributed by atoms with Crippen molar-refractivity contribution in [2.75, 3.05) is 0 Å². The summed E-state index contributed by atoms with van der Waals surface area (Å²) in [5.41, 5.74) is 2.37. The van der Waals surface area contributed by atoms with Crippen molar-refractivity contribution >= 4 is 28.8 Å². The number of thiazole rings is 1. The second kappa shape index (κ2) is 7.55. The molecule has 0 saturated heterocycles. The maximum atomic E-state index is 13.3. The Hall–Kier alpha value is -2.24. The highest BCUT2D eigenvalue weighted by Gasteiger charge is 2.09. The molecule has 3 aromatic rings. The lowest BCUT2D eigenvalue weighted by Gasteiger charge is -2.04. The van der Waals surface area contributed by atoms with Crippen molar-refractivity contribution in [2.24, 2.45) is 0 Å². The lowest BCUT2D eigenvalue weighted by atomic mass is 10.2. The van der Waals surface area contributed by atoms with E-state index in [0.717, 1.165) is 5.56 Å². The number of carbonyl (C=O) groups is 1. The topological polar surface area (TPSA) is 42.0 Å². The molecule has 0 aliphatic carbocycles. The van der Waals surface area contributed by atoms with Gasteiger partial charge in [0, 0.05) is 22.5 Å².